The molecular weight excluding hydrogens is 272 g/mol. The largest absolute Gasteiger partial charge is 0.339 e. The van der Waals surface area contributed by atoms with E-state index in [2.05, 4.69) is 0 Å². The van der Waals surface area contributed by atoms with Crippen LogP contribution >= 0.6 is 11.6 Å². The number of hydrogen-bond donors (Lipinski definition) is 1. The third-order valence-electron chi connectivity index (χ3n) is 4.56. The van der Waals surface area contributed by atoms with E-state index in [9.17, 15) is 4.79 Å². The third kappa shape index (κ3) is 3.15. The highest BCUT2D eigenvalue weighted by molar-refractivity contribution is 6.30. The molecule has 0 radical (unpaired) electrons. The van der Waals surface area contributed by atoms with Crippen LogP contribution in [0.4, 0.5) is 0 Å². The fourth-order valence-corrected chi connectivity index (χ4v) is 3.19. The Morgan fingerprint density at radius 2 is 2.05 bits per heavy atom. The summed E-state index contributed by atoms with van der Waals surface area (Å²) in [6, 6.07) is 7.74. The first-order chi connectivity index (χ1) is 9.54. The Hall–Kier alpha value is -1.06. The molecule has 1 aliphatic carbocycles. The normalized spacial score (nSPS) is 23.6. The van der Waals surface area contributed by atoms with Gasteiger partial charge in [-0.05, 0) is 49.9 Å². The Morgan fingerprint density at radius 3 is 2.65 bits per heavy atom. The van der Waals surface area contributed by atoms with Crippen LogP contribution in [-0.4, -0.2) is 24.4 Å². The van der Waals surface area contributed by atoms with Crippen LogP contribution in [0, 0.1) is 11.8 Å². The van der Waals surface area contributed by atoms with Gasteiger partial charge in [0, 0.05) is 18.0 Å². The summed E-state index contributed by atoms with van der Waals surface area (Å²) in [6.07, 6.45) is 3.16. The predicted octanol–water partition coefficient (Wildman–Crippen LogP) is 3.23. The van der Waals surface area contributed by atoms with Crippen LogP contribution in [0.2, 0.25) is 5.02 Å². The van der Waals surface area contributed by atoms with Crippen molar-refractivity contribution in [3.8, 4) is 0 Å². The summed E-state index contributed by atoms with van der Waals surface area (Å²) in [5.74, 6) is 0.669. The average Bonchev–Trinajstić information content (AvgIpc) is 2.94. The summed E-state index contributed by atoms with van der Waals surface area (Å²) in [5, 5.41) is 0.717. The number of carbonyl (C=O) groups excluding carboxylic acids is 1. The average molecular weight is 295 g/mol. The summed E-state index contributed by atoms with van der Waals surface area (Å²) in [5.41, 5.74) is 6.88. The van der Waals surface area contributed by atoms with Crippen LogP contribution in [0.5, 0.6) is 0 Å². The molecule has 1 unspecified atom stereocenters. The topological polar surface area (TPSA) is 46.3 Å². The van der Waals surface area contributed by atoms with E-state index in [4.69, 9.17) is 17.3 Å². The van der Waals surface area contributed by atoms with E-state index < -0.39 is 0 Å². The quantitative estimate of drug-likeness (QED) is 0.926. The van der Waals surface area contributed by atoms with E-state index in [0.717, 1.165) is 24.8 Å². The van der Waals surface area contributed by atoms with Gasteiger partial charge in [-0.15, -0.1) is 0 Å². The Balaban J connectivity index is 2.07. The lowest BCUT2D eigenvalue weighted by Crippen LogP contribution is -2.38. The molecule has 2 N–H and O–H groups in total. The standard InChI is InChI=1S/C16H23ClN2O/c1-11(12-6-8-14(17)9-7-12)19(2)16(20)15-5-3-4-13(15)10-18/h6-9,11,13,15H,3-5,10,18H2,1-2H3/t11?,13-,15-/m1/s1. The number of hydrogen-bond acceptors (Lipinski definition) is 2. The Bertz CT molecular complexity index is 460. The number of halogens is 1. The van der Waals surface area contributed by atoms with Gasteiger partial charge in [0.15, 0.2) is 0 Å². The molecule has 1 fully saturated rings. The highest BCUT2D eigenvalue weighted by atomic mass is 35.5. The molecule has 4 heteroatoms. The van der Waals surface area contributed by atoms with Crippen molar-refractivity contribution >= 4 is 17.5 Å². The first-order valence-electron chi connectivity index (χ1n) is 7.26. The van der Waals surface area contributed by atoms with Crippen molar-refractivity contribution in [3.63, 3.8) is 0 Å². The van der Waals surface area contributed by atoms with Crippen molar-refractivity contribution in [1.82, 2.24) is 4.90 Å². The van der Waals surface area contributed by atoms with Crippen LogP contribution in [0.1, 0.15) is 37.8 Å². The second kappa shape index (κ2) is 6.59. The maximum Gasteiger partial charge on any atom is 0.226 e. The van der Waals surface area contributed by atoms with E-state index in [1.807, 2.05) is 43.1 Å². The van der Waals surface area contributed by atoms with Gasteiger partial charge in [0.05, 0.1) is 6.04 Å². The maximum atomic E-state index is 12.6. The van der Waals surface area contributed by atoms with Gasteiger partial charge >= 0.3 is 0 Å². The second-order valence-corrected chi connectivity index (χ2v) is 6.15. The highest BCUT2D eigenvalue weighted by Crippen LogP contribution is 2.34. The summed E-state index contributed by atoms with van der Waals surface area (Å²) >= 11 is 5.91. The van der Waals surface area contributed by atoms with Gasteiger partial charge < -0.3 is 10.6 Å². The van der Waals surface area contributed by atoms with Gasteiger partial charge in [-0.2, -0.15) is 0 Å². The molecule has 0 spiro atoms. The summed E-state index contributed by atoms with van der Waals surface area (Å²) < 4.78 is 0. The predicted molar refractivity (Wildman–Crippen MR) is 82.5 cm³/mol. The van der Waals surface area contributed by atoms with Crippen LogP contribution in [0.25, 0.3) is 0 Å². The Labute approximate surface area is 126 Å². The molecule has 20 heavy (non-hydrogen) atoms. The SMILES string of the molecule is CC(c1ccc(Cl)cc1)N(C)C(=O)[C@@H]1CCC[C@@H]1CN. The van der Waals surface area contributed by atoms with Crippen molar-refractivity contribution in [2.75, 3.05) is 13.6 Å². The molecule has 0 aliphatic heterocycles. The van der Waals surface area contributed by atoms with Gasteiger partial charge in [0.25, 0.3) is 0 Å². The van der Waals surface area contributed by atoms with E-state index in [-0.39, 0.29) is 17.9 Å². The summed E-state index contributed by atoms with van der Waals surface area (Å²) in [6.45, 7) is 2.66. The van der Waals surface area contributed by atoms with Gasteiger partial charge in [-0.1, -0.05) is 30.2 Å². The number of benzene rings is 1. The molecule has 1 amide bonds. The lowest BCUT2D eigenvalue weighted by molar-refractivity contribution is -0.137. The zero-order valence-corrected chi connectivity index (χ0v) is 12.9. The zero-order chi connectivity index (χ0) is 14.7. The minimum atomic E-state index is 0.0544. The van der Waals surface area contributed by atoms with Gasteiger partial charge in [-0.25, -0.2) is 0 Å². The minimum Gasteiger partial charge on any atom is -0.339 e. The van der Waals surface area contributed by atoms with E-state index >= 15 is 0 Å². The fraction of sp³-hybridized carbons (Fsp3) is 0.562. The number of nitrogens with zero attached hydrogens (tertiary/aromatic N) is 1. The number of rotatable bonds is 4. The molecule has 1 aliphatic rings. The van der Waals surface area contributed by atoms with Crippen molar-refractivity contribution in [3.05, 3.63) is 34.9 Å². The van der Waals surface area contributed by atoms with Crippen molar-refractivity contribution < 1.29 is 4.79 Å². The van der Waals surface area contributed by atoms with E-state index in [1.165, 1.54) is 0 Å². The monoisotopic (exact) mass is 294 g/mol. The van der Waals surface area contributed by atoms with Crippen LogP contribution in [-0.2, 0) is 4.79 Å². The molecule has 1 saturated carbocycles. The lowest BCUT2D eigenvalue weighted by Gasteiger charge is -2.30. The molecule has 110 valence electrons. The van der Waals surface area contributed by atoms with Crippen LogP contribution < -0.4 is 5.73 Å². The molecule has 2 rings (SSSR count). The van der Waals surface area contributed by atoms with Gasteiger partial charge in [0.1, 0.15) is 0 Å². The molecule has 1 aromatic carbocycles. The second-order valence-electron chi connectivity index (χ2n) is 5.71. The molecule has 0 aromatic heterocycles. The lowest BCUT2D eigenvalue weighted by atomic mass is 9.94. The minimum absolute atomic E-state index is 0.0544. The smallest absolute Gasteiger partial charge is 0.226 e. The zero-order valence-electron chi connectivity index (χ0n) is 12.2. The Morgan fingerprint density at radius 1 is 1.40 bits per heavy atom. The third-order valence-corrected chi connectivity index (χ3v) is 4.81. The summed E-state index contributed by atoms with van der Waals surface area (Å²) in [7, 11) is 1.88. The van der Waals surface area contributed by atoms with Crippen LogP contribution in [0.3, 0.4) is 0 Å². The molecule has 0 heterocycles. The Kier molecular flexibility index (Phi) is 5.06. The van der Waals surface area contributed by atoms with Crippen molar-refractivity contribution in [2.45, 2.75) is 32.2 Å². The molecule has 0 saturated heterocycles. The molecule has 3 atom stereocenters. The number of amides is 1. The molecular formula is C16H23ClN2O. The number of carbonyl (C=O) groups is 1. The first kappa shape index (κ1) is 15.3. The fourth-order valence-electron chi connectivity index (χ4n) is 3.06. The van der Waals surface area contributed by atoms with E-state index in [1.54, 1.807) is 0 Å². The maximum absolute atomic E-state index is 12.6. The number of nitrogens with two attached hydrogens (primary N) is 1. The highest BCUT2D eigenvalue weighted by Gasteiger charge is 2.34. The molecule has 3 nitrogen and oxygen atoms in total. The summed E-state index contributed by atoms with van der Waals surface area (Å²) in [4.78, 5) is 14.5. The van der Waals surface area contributed by atoms with Gasteiger partial charge in [-0.3, -0.25) is 4.79 Å². The first-order valence-corrected chi connectivity index (χ1v) is 7.64. The van der Waals surface area contributed by atoms with Crippen molar-refractivity contribution in [1.29, 1.82) is 0 Å². The van der Waals surface area contributed by atoms with Gasteiger partial charge in [0.2, 0.25) is 5.91 Å². The molecule has 0 bridgehead atoms. The van der Waals surface area contributed by atoms with Crippen molar-refractivity contribution in [2.24, 2.45) is 17.6 Å². The van der Waals surface area contributed by atoms with E-state index in [0.29, 0.717) is 17.5 Å². The van der Waals surface area contributed by atoms with Crippen LogP contribution in [0.15, 0.2) is 24.3 Å². The molecule has 1 aromatic rings.